The molecule has 0 saturated heterocycles. The molecule has 5 aromatic carbocycles. The second-order valence-corrected chi connectivity index (χ2v) is 9.19. The highest BCUT2D eigenvalue weighted by Gasteiger charge is 2.13. The lowest BCUT2D eigenvalue weighted by molar-refractivity contribution is 1.63. The van der Waals surface area contributed by atoms with Crippen LogP contribution in [0.4, 0.5) is 0 Å². The summed E-state index contributed by atoms with van der Waals surface area (Å²) < 4.78 is 2.04. The molecule has 0 aliphatic carbocycles. The lowest BCUT2D eigenvalue weighted by Crippen LogP contribution is -1.91. The fourth-order valence-corrected chi connectivity index (χ4v) is 4.48. The van der Waals surface area contributed by atoms with Gasteiger partial charge in [0, 0.05) is 42.0 Å². The summed E-state index contributed by atoms with van der Waals surface area (Å²) in [5.74, 6) is 13.6. The molecule has 0 radical (unpaired) electrons. The molecule has 0 aliphatic heterocycles. The molecular formula is C30H16Br2. The maximum absolute atomic E-state index is 3.65. The third-order valence-electron chi connectivity index (χ3n) is 5.25. The van der Waals surface area contributed by atoms with Crippen LogP contribution in [-0.2, 0) is 0 Å². The first-order valence-corrected chi connectivity index (χ1v) is 11.8. The molecule has 0 aliphatic rings. The van der Waals surface area contributed by atoms with Crippen molar-refractivity contribution in [2.24, 2.45) is 0 Å². The Balaban J connectivity index is 1.85. The molecule has 0 unspecified atom stereocenters. The van der Waals surface area contributed by atoms with Crippen LogP contribution in [0.5, 0.6) is 0 Å². The van der Waals surface area contributed by atoms with Gasteiger partial charge < -0.3 is 0 Å². The molecule has 0 atom stereocenters. The first-order valence-electron chi connectivity index (χ1n) is 10.2. The maximum Gasteiger partial charge on any atom is 0.0407 e. The van der Waals surface area contributed by atoms with Gasteiger partial charge in [0.1, 0.15) is 0 Å². The van der Waals surface area contributed by atoms with Crippen LogP contribution in [0, 0.1) is 23.7 Å². The van der Waals surface area contributed by atoms with Crippen molar-refractivity contribution in [3.05, 3.63) is 128 Å². The van der Waals surface area contributed by atoms with Crippen molar-refractivity contribution < 1.29 is 0 Å². The van der Waals surface area contributed by atoms with Crippen molar-refractivity contribution in [3.8, 4) is 23.7 Å². The van der Waals surface area contributed by atoms with Crippen LogP contribution in [0.1, 0.15) is 22.3 Å². The van der Waals surface area contributed by atoms with Crippen LogP contribution in [0.15, 0.2) is 106 Å². The van der Waals surface area contributed by atoms with E-state index >= 15 is 0 Å². The van der Waals surface area contributed by atoms with Crippen molar-refractivity contribution in [2.75, 3.05) is 0 Å². The van der Waals surface area contributed by atoms with E-state index in [0.717, 1.165) is 52.7 Å². The summed E-state index contributed by atoms with van der Waals surface area (Å²) in [5, 5.41) is 4.38. The Morgan fingerprint density at radius 3 is 1.22 bits per heavy atom. The van der Waals surface area contributed by atoms with Gasteiger partial charge >= 0.3 is 0 Å². The number of hydrogen-bond acceptors (Lipinski definition) is 0. The van der Waals surface area contributed by atoms with Crippen molar-refractivity contribution in [1.29, 1.82) is 0 Å². The lowest BCUT2D eigenvalue weighted by Gasteiger charge is -2.12. The first kappa shape index (κ1) is 20.6. The molecule has 0 nitrogen and oxygen atoms in total. The Labute approximate surface area is 204 Å². The van der Waals surface area contributed by atoms with E-state index in [1.54, 1.807) is 0 Å². The molecule has 32 heavy (non-hydrogen) atoms. The zero-order valence-corrected chi connectivity index (χ0v) is 20.2. The molecule has 150 valence electrons. The standard InChI is InChI=1S/C30H16Br2/c31-23-14-18-28-26(16-12-22-9-5-2-6-10-22)30-20-24(32)13-17-27(30)25(29(28)19-23)15-11-21-7-3-1-4-8-21/h1-10,13-14,17-20H. The van der Waals surface area contributed by atoms with E-state index in [0.29, 0.717) is 0 Å². The average molecular weight is 536 g/mol. The summed E-state index contributed by atoms with van der Waals surface area (Å²) in [5.41, 5.74) is 4.01. The van der Waals surface area contributed by atoms with Gasteiger partial charge in [0.15, 0.2) is 0 Å². The van der Waals surface area contributed by atoms with E-state index in [-0.39, 0.29) is 0 Å². The molecule has 0 aromatic heterocycles. The summed E-state index contributed by atoms with van der Waals surface area (Å²) in [7, 11) is 0. The number of halogens is 2. The molecule has 0 bridgehead atoms. The highest BCUT2D eigenvalue weighted by Crippen LogP contribution is 2.35. The van der Waals surface area contributed by atoms with Crippen molar-refractivity contribution >= 4 is 53.4 Å². The van der Waals surface area contributed by atoms with E-state index < -0.39 is 0 Å². The molecule has 0 fully saturated rings. The minimum absolute atomic E-state index is 0.994. The highest BCUT2D eigenvalue weighted by atomic mass is 79.9. The number of hydrogen-bond donors (Lipinski definition) is 0. The Morgan fingerprint density at radius 1 is 0.406 bits per heavy atom. The van der Waals surface area contributed by atoms with Gasteiger partial charge in [-0.2, -0.15) is 0 Å². The van der Waals surface area contributed by atoms with Crippen LogP contribution in [0.25, 0.3) is 21.5 Å². The minimum Gasteiger partial charge on any atom is -0.0622 e. The van der Waals surface area contributed by atoms with Crippen molar-refractivity contribution in [1.82, 2.24) is 0 Å². The summed E-state index contributed by atoms with van der Waals surface area (Å²) in [6.07, 6.45) is 0. The Hall–Kier alpha value is -3.30. The predicted molar refractivity (Wildman–Crippen MR) is 142 cm³/mol. The molecule has 0 heterocycles. The average Bonchev–Trinajstić information content (AvgIpc) is 2.82. The fourth-order valence-electron chi connectivity index (χ4n) is 3.75. The van der Waals surface area contributed by atoms with Crippen LogP contribution < -0.4 is 0 Å². The summed E-state index contributed by atoms with van der Waals surface area (Å²) >= 11 is 7.29. The predicted octanol–water partition coefficient (Wildman–Crippen LogP) is 8.32. The molecule has 0 spiro atoms. The third-order valence-corrected chi connectivity index (χ3v) is 6.24. The molecule has 5 aromatic rings. The summed E-state index contributed by atoms with van der Waals surface area (Å²) in [6.45, 7) is 0. The van der Waals surface area contributed by atoms with Gasteiger partial charge in [0.05, 0.1) is 0 Å². The maximum atomic E-state index is 3.65. The zero-order chi connectivity index (χ0) is 21.9. The largest absolute Gasteiger partial charge is 0.0622 e. The molecule has 2 heteroatoms. The van der Waals surface area contributed by atoms with E-state index in [1.807, 2.05) is 60.7 Å². The smallest absolute Gasteiger partial charge is 0.0407 e. The lowest BCUT2D eigenvalue weighted by atomic mass is 9.92. The topological polar surface area (TPSA) is 0 Å². The van der Waals surface area contributed by atoms with Gasteiger partial charge in [-0.15, -0.1) is 0 Å². The Kier molecular flexibility index (Phi) is 5.83. The second kappa shape index (κ2) is 9.05. The van der Waals surface area contributed by atoms with Gasteiger partial charge in [-0.05, 0) is 59.3 Å². The zero-order valence-electron chi connectivity index (χ0n) is 17.0. The van der Waals surface area contributed by atoms with E-state index in [1.165, 1.54) is 0 Å². The van der Waals surface area contributed by atoms with E-state index in [2.05, 4.69) is 91.9 Å². The van der Waals surface area contributed by atoms with Gasteiger partial charge in [0.2, 0.25) is 0 Å². The van der Waals surface area contributed by atoms with E-state index in [9.17, 15) is 0 Å². The number of rotatable bonds is 0. The molecule has 0 saturated carbocycles. The minimum atomic E-state index is 0.994. The van der Waals surface area contributed by atoms with E-state index in [4.69, 9.17) is 0 Å². The van der Waals surface area contributed by atoms with Gasteiger partial charge in [-0.1, -0.05) is 104 Å². The van der Waals surface area contributed by atoms with Crippen molar-refractivity contribution in [2.45, 2.75) is 0 Å². The van der Waals surface area contributed by atoms with Crippen molar-refractivity contribution in [3.63, 3.8) is 0 Å². The quantitative estimate of drug-likeness (QED) is 0.138. The normalized spacial score (nSPS) is 10.3. The number of fused-ring (bicyclic) bond motifs is 2. The first-order chi connectivity index (χ1) is 15.7. The fraction of sp³-hybridized carbons (Fsp3) is 0. The van der Waals surface area contributed by atoms with Crippen LogP contribution in [0.2, 0.25) is 0 Å². The monoisotopic (exact) mass is 534 g/mol. The van der Waals surface area contributed by atoms with Gasteiger partial charge in [-0.25, -0.2) is 0 Å². The highest BCUT2D eigenvalue weighted by molar-refractivity contribution is 9.10. The van der Waals surface area contributed by atoms with Gasteiger partial charge in [0.25, 0.3) is 0 Å². The summed E-state index contributed by atoms with van der Waals surface area (Å²) in [4.78, 5) is 0. The van der Waals surface area contributed by atoms with Crippen LogP contribution in [-0.4, -0.2) is 0 Å². The SMILES string of the molecule is Brc1ccc2c(C#Cc3ccccc3)c3cc(Br)ccc3c(C#Cc3ccccc3)c2c1. The van der Waals surface area contributed by atoms with Gasteiger partial charge in [-0.3, -0.25) is 0 Å². The third kappa shape index (κ3) is 4.21. The molecular weight excluding hydrogens is 520 g/mol. The molecule has 0 amide bonds. The molecule has 0 N–H and O–H groups in total. The second-order valence-electron chi connectivity index (χ2n) is 7.36. The summed E-state index contributed by atoms with van der Waals surface area (Å²) in [6, 6.07) is 32.8. The van der Waals surface area contributed by atoms with Crippen LogP contribution in [0.3, 0.4) is 0 Å². The number of benzene rings is 5. The Morgan fingerprint density at radius 2 is 0.812 bits per heavy atom. The molecule has 5 rings (SSSR count). The van der Waals surface area contributed by atoms with Crippen LogP contribution >= 0.6 is 31.9 Å². The Bertz CT molecular complexity index is 1450.